The van der Waals surface area contributed by atoms with Gasteiger partial charge in [0.2, 0.25) is 0 Å². The van der Waals surface area contributed by atoms with Crippen LogP contribution in [0.5, 0.6) is 0 Å². The number of rotatable bonds is 2. The van der Waals surface area contributed by atoms with Gasteiger partial charge >= 0.3 is 5.97 Å². The second-order valence-corrected chi connectivity index (χ2v) is 5.02. The fourth-order valence-electron chi connectivity index (χ4n) is 2.57. The molecule has 17 heavy (non-hydrogen) atoms. The summed E-state index contributed by atoms with van der Waals surface area (Å²) in [5.74, 6) is -0.744. The first-order valence-corrected chi connectivity index (χ1v) is 5.89. The largest absolute Gasteiger partial charge is 0.481 e. The Labute approximate surface area is 99.5 Å². The Morgan fingerprint density at radius 3 is 2.88 bits per heavy atom. The van der Waals surface area contributed by atoms with Gasteiger partial charge in [0.1, 0.15) is 11.7 Å². The first kappa shape index (κ1) is 10.7. The molecule has 1 aromatic rings. The second-order valence-electron chi connectivity index (χ2n) is 5.02. The van der Waals surface area contributed by atoms with E-state index in [-0.39, 0.29) is 0 Å². The zero-order chi connectivity index (χ0) is 12.0. The minimum Gasteiger partial charge on any atom is -0.481 e. The SMILES string of the molecule is CN1CCc2ncnc(C3(C(=O)O)CC3)c2C1. The molecule has 5 heteroatoms. The van der Waals surface area contributed by atoms with Crippen molar-refractivity contribution in [1.82, 2.24) is 14.9 Å². The van der Waals surface area contributed by atoms with E-state index in [0.717, 1.165) is 36.5 Å². The van der Waals surface area contributed by atoms with Crippen molar-refractivity contribution in [1.29, 1.82) is 0 Å². The Bertz CT molecular complexity index is 483. The molecule has 1 aliphatic heterocycles. The minimum atomic E-state index is -0.744. The third-order valence-electron chi connectivity index (χ3n) is 3.81. The van der Waals surface area contributed by atoms with Crippen LogP contribution in [0.4, 0.5) is 0 Å². The van der Waals surface area contributed by atoms with Gasteiger partial charge in [0.15, 0.2) is 0 Å². The highest BCUT2D eigenvalue weighted by Gasteiger charge is 2.54. The summed E-state index contributed by atoms with van der Waals surface area (Å²) in [6, 6.07) is 0. The lowest BCUT2D eigenvalue weighted by molar-refractivity contribution is -0.140. The smallest absolute Gasteiger partial charge is 0.315 e. The zero-order valence-corrected chi connectivity index (χ0v) is 9.81. The Morgan fingerprint density at radius 1 is 1.47 bits per heavy atom. The molecular formula is C12H15N3O2. The van der Waals surface area contributed by atoms with Gasteiger partial charge in [0, 0.05) is 30.8 Å². The van der Waals surface area contributed by atoms with Crippen molar-refractivity contribution >= 4 is 5.97 Å². The van der Waals surface area contributed by atoms with Gasteiger partial charge in [-0.05, 0) is 19.9 Å². The summed E-state index contributed by atoms with van der Waals surface area (Å²) in [5, 5.41) is 9.35. The van der Waals surface area contributed by atoms with Crippen molar-refractivity contribution in [3.05, 3.63) is 23.3 Å². The van der Waals surface area contributed by atoms with Crippen LogP contribution in [0.25, 0.3) is 0 Å². The summed E-state index contributed by atoms with van der Waals surface area (Å²) >= 11 is 0. The maximum atomic E-state index is 11.4. The molecule has 2 aliphatic rings. The number of fused-ring (bicyclic) bond motifs is 1. The molecule has 90 valence electrons. The van der Waals surface area contributed by atoms with E-state index in [9.17, 15) is 9.90 Å². The number of carboxylic acid groups (broad SMARTS) is 1. The molecule has 2 heterocycles. The van der Waals surface area contributed by atoms with Gasteiger partial charge in [-0.2, -0.15) is 0 Å². The lowest BCUT2D eigenvalue weighted by Crippen LogP contribution is -2.32. The molecule has 3 rings (SSSR count). The zero-order valence-electron chi connectivity index (χ0n) is 9.81. The first-order valence-electron chi connectivity index (χ1n) is 5.89. The molecule has 0 unspecified atom stereocenters. The Kier molecular flexibility index (Phi) is 2.19. The van der Waals surface area contributed by atoms with Gasteiger partial charge in [-0.15, -0.1) is 0 Å². The Balaban J connectivity index is 2.09. The normalized spacial score (nSPS) is 21.9. The summed E-state index contributed by atoms with van der Waals surface area (Å²) in [6.07, 6.45) is 3.81. The number of hydrogen-bond acceptors (Lipinski definition) is 4. The van der Waals surface area contributed by atoms with E-state index in [4.69, 9.17) is 0 Å². The Morgan fingerprint density at radius 2 is 2.24 bits per heavy atom. The molecule has 1 fully saturated rings. The molecule has 0 saturated heterocycles. The van der Waals surface area contributed by atoms with Crippen molar-refractivity contribution < 1.29 is 9.90 Å². The fourth-order valence-corrected chi connectivity index (χ4v) is 2.57. The van der Waals surface area contributed by atoms with Gasteiger partial charge in [0.05, 0.1) is 5.69 Å². The van der Waals surface area contributed by atoms with Crippen LogP contribution in [0.2, 0.25) is 0 Å². The van der Waals surface area contributed by atoms with E-state index in [1.807, 2.05) is 7.05 Å². The van der Waals surface area contributed by atoms with Gasteiger partial charge < -0.3 is 10.0 Å². The molecule has 1 aromatic heterocycles. The fraction of sp³-hybridized carbons (Fsp3) is 0.583. The molecule has 0 spiro atoms. The standard InChI is InChI=1S/C12H15N3O2/c1-15-5-2-9-8(6-15)10(14-7-13-9)12(3-4-12)11(16)17/h7H,2-6H2,1H3,(H,16,17). The van der Waals surface area contributed by atoms with Crippen LogP contribution < -0.4 is 0 Å². The van der Waals surface area contributed by atoms with Gasteiger partial charge in [-0.1, -0.05) is 0 Å². The minimum absolute atomic E-state index is 0.704. The molecule has 0 atom stereocenters. The summed E-state index contributed by atoms with van der Waals surface area (Å²) in [7, 11) is 2.04. The molecule has 0 aromatic carbocycles. The molecule has 0 radical (unpaired) electrons. The quantitative estimate of drug-likeness (QED) is 0.809. The number of carbonyl (C=O) groups is 1. The summed E-state index contributed by atoms with van der Waals surface area (Å²) in [4.78, 5) is 22.1. The van der Waals surface area contributed by atoms with Gasteiger partial charge in [0.25, 0.3) is 0 Å². The van der Waals surface area contributed by atoms with E-state index < -0.39 is 11.4 Å². The molecule has 0 amide bonds. The average molecular weight is 233 g/mol. The van der Waals surface area contributed by atoms with Gasteiger partial charge in [-0.3, -0.25) is 4.79 Å². The molecule has 1 aliphatic carbocycles. The van der Waals surface area contributed by atoms with E-state index in [1.165, 1.54) is 6.33 Å². The number of nitrogens with zero attached hydrogens (tertiary/aromatic N) is 3. The van der Waals surface area contributed by atoms with Crippen LogP contribution in [0.1, 0.15) is 29.8 Å². The van der Waals surface area contributed by atoms with Crippen molar-refractivity contribution in [2.24, 2.45) is 0 Å². The molecule has 5 nitrogen and oxygen atoms in total. The summed E-state index contributed by atoms with van der Waals surface area (Å²) in [5.41, 5.74) is 2.11. The van der Waals surface area contributed by atoms with E-state index in [2.05, 4.69) is 14.9 Å². The van der Waals surface area contributed by atoms with Crippen LogP contribution in [0.15, 0.2) is 6.33 Å². The van der Waals surface area contributed by atoms with Crippen molar-refractivity contribution in [3.8, 4) is 0 Å². The number of likely N-dealkylation sites (N-methyl/N-ethyl adjacent to an activating group) is 1. The van der Waals surface area contributed by atoms with E-state index >= 15 is 0 Å². The Hall–Kier alpha value is -1.49. The van der Waals surface area contributed by atoms with Gasteiger partial charge in [-0.25, -0.2) is 9.97 Å². The molecule has 0 bridgehead atoms. The lowest BCUT2D eigenvalue weighted by Gasteiger charge is -2.27. The molecular weight excluding hydrogens is 218 g/mol. The predicted octanol–water partition coefficient (Wildman–Crippen LogP) is 0.581. The van der Waals surface area contributed by atoms with Crippen molar-refractivity contribution in [2.75, 3.05) is 13.6 Å². The van der Waals surface area contributed by atoms with Crippen LogP contribution in [0.3, 0.4) is 0 Å². The third kappa shape index (κ3) is 1.53. The summed E-state index contributed by atoms with van der Waals surface area (Å²) in [6.45, 7) is 1.74. The number of carboxylic acids is 1. The van der Waals surface area contributed by atoms with Crippen molar-refractivity contribution in [2.45, 2.75) is 31.2 Å². The maximum Gasteiger partial charge on any atom is 0.315 e. The van der Waals surface area contributed by atoms with E-state index in [0.29, 0.717) is 12.8 Å². The highest BCUT2D eigenvalue weighted by molar-refractivity contribution is 5.84. The number of hydrogen-bond donors (Lipinski definition) is 1. The predicted molar refractivity (Wildman–Crippen MR) is 60.6 cm³/mol. The van der Waals surface area contributed by atoms with Crippen LogP contribution >= 0.6 is 0 Å². The highest BCUT2D eigenvalue weighted by Crippen LogP contribution is 2.49. The second kappa shape index (κ2) is 3.50. The van der Waals surface area contributed by atoms with Crippen LogP contribution in [0, 0.1) is 0 Å². The van der Waals surface area contributed by atoms with E-state index in [1.54, 1.807) is 0 Å². The topological polar surface area (TPSA) is 66.3 Å². The highest BCUT2D eigenvalue weighted by atomic mass is 16.4. The molecule has 1 N–H and O–H groups in total. The maximum absolute atomic E-state index is 11.4. The summed E-state index contributed by atoms with van der Waals surface area (Å²) < 4.78 is 0. The first-order chi connectivity index (χ1) is 8.13. The number of aromatic nitrogens is 2. The average Bonchev–Trinajstić information content (AvgIpc) is 3.09. The number of aliphatic carboxylic acids is 1. The monoisotopic (exact) mass is 233 g/mol. The third-order valence-corrected chi connectivity index (χ3v) is 3.81. The van der Waals surface area contributed by atoms with Crippen molar-refractivity contribution in [3.63, 3.8) is 0 Å². The molecule has 1 saturated carbocycles. The van der Waals surface area contributed by atoms with Crippen LogP contribution in [-0.2, 0) is 23.2 Å². The lowest BCUT2D eigenvalue weighted by atomic mass is 9.93. The van der Waals surface area contributed by atoms with Crippen LogP contribution in [-0.4, -0.2) is 39.5 Å².